The van der Waals surface area contributed by atoms with Gasteiger partial charge in [0.2, 0.25) is 0 Å². The fourth-order valence-corrected chi connectivity index (χ4v) is 19.1. The number of benzene rings is 7. The zero-order valence-corrected chi connectivity index (χ0v) is 38.8. The molecule has 0 spiro atoms. The van der Waals surface area contributed by atoms with Crippen LogP contribution in [0.5, 0.6) is 0 Å². The minimum atomic E-state index is -0.509. The molecule has 4 heterocycles. The first-order valence-electron chi connectivity index (χ1n) is 26.4. The molecular formula is C64H57BN2. The van der Waals surface area contributed by atoms with Crippen molar-refractivity contribution in [3.05, 3.63) is 185 Å². The van der Waals surface area contributed by atoms with E-state index in [9.17, 15) is 0 Å². The summed E-state index contributed by atoms with van der Waals surface area (Å²) in [6, 6.07) is 58.4. The van der Waals surface area contributed by atoms with E-state index in [1.165, 1.54) is 166 Å². The Labute approximate surface area is 395 Å². The number of aromatic nitrogens is 1. The molecule has 0 atom stereocenters. The van der Waals surface area contributed by atoms with Gasteiger partial charge >= 0.3 is 6.85 Å². The van der Waals surface area contributed by atoms with Crippen LogP contribution in [0.3, 0.4) is 0 Å². The van der Waals surface area contributed by atoms with Crippen LogP contribution in [0.2, 0.25) is 0 Å². The van der Waals surface area contributed by atoms with Crippen molar-refractivity contribution in [3.63, 3.8) is 0 Å². The molecule has 3 aliphatic heterocycles. The lowest BCUT2D eigenvalue weighted by Crippen LogP contribution is -2.58. The number of anilines is 3. The highest BCUT2D eigenvalue weighted by Crippen LogP contribution is 2.64. The summed E-state index contributed by atoms with van der Waals surface area (Å²) in [5, 5.41) is 3.04. The Balaban J connectivity index is 0.985. The number of hydrogen-bond donors (Lipinski definition) is 0. The number of rotatable bonds is 4. The summed E-state index contributed by atoms with van der Waals surface area (Å²) < 4.78 is 2.88. The van der Waals surface area contributed by atoms with Crippen molar-refractivity contribution < 1.29 is 0 Å². The first-order valence-corrected chi connectivity index (χ1v) is 26.4. The van der Waals surface area contributed by atoms with Gasteiger partial charge in [0.15, 0.2) is 0 Å². The lowest BCUT2D eigenvalue weighted by atomic mass is 9.43. The molecular weight excluding hydrogens is 808 g/mol. The molecule has 0 unspecified atom stereocenters. The molecule has 326 valence electrons. The van der Waals surface area contributed by atoms with Crippen LogP contribution in [0, 0.1) is 42.4 Å². The molecule has 0 N–H and O–H groups in total. The lowest BCUT2D eigenvalue weighted by molar-refractivity contribution is -0.00527. The second-order valence-corrected chi connectivity index (χ2v) is 24.1. The van der Waals surface area contributed by atoms with Crippen LogP contribution in [0.1, 0.15) is 116 Å². The Hall–Kier alpha value is -5.80. The van der Waals surface area contributed by atoms with Gasteiger partial charge in [0.05, 0.1) is 11.1 Å². The standard InChI is InChI=1S/C64H57BN2/c1-38-21-50-52-31-48(63-35-42-26-43(36-63)28-44(27-42)37-63)30-51-49-29-47(62-32-39-23-40(33-62)25-41(24-39)34-62)19-20-56(49)67(60(51)52)65-55-17-10-16-54-61(55)66(58(22-38)59(50)65)57-18-9-8-15-53(57)64(54,45-11-4-2-5-12-45)46-13-6-3-7-14-46/h2-22,29-31,39-44H,23-28,32-37H2,1H3. The molecule has 11 aliphatic rings. The molecule has 1 aromatic heterocycles. The molecule has 3 heteroatoms. The molecule has 8 bridgehead atoms. The first-order chi connectivity index (χ1) is 32.9. The van der Waals surface area contributed by atoms with Crippen molar-refractivity contribution in [3.8, 4) is 11.1 Å². The van der Waals surface area contributed by atoms with Crippen molar-refractivity contribution in [2.45, 2.75) is 100 Å². The second-order valence-electron chi connectivity index (χ2n) is 24.1. The highest BCUT2D eigenvalue weighted by Gasteiger charge is 2.56. The number of nitrogens with zero attached hydrogens (tertiary/aromatic N) is 2. The number of hydrogen-bond acceptors (Lipinski definition) is 1. The van der Waals surface area contributed by atoms with E-state index in [1.54, 1.807) is 11.1 Å². The van der Waals surface area contributed by atoms with E-state index >= 15 is 0 Å². The van der Waals surface area contributed by atoms with E-state index in [1.807, 2.05) is 0 Å². The largest absolute Gasteiger partial charge is 0.375 e. The van der Waals surface area contributed by atoms with Crippen LogP contribution in [-0.2, 0) is 16.2 Å². The van der Waals surface area contributed by atoms with Gasteiger partial charge in [-0.05, 0) is 222 Å². The van der Waals surface area contributed by atoms with E-state index in [-0.39, 0.29) is 6.85 Å². The van der Waals surface area contributed by atoms with Crippen LogP contribution in [0.4, 0.5) is 17.1 Å². The van der Waals surface area contributed by atoms with Crippen LogP contribution in [-0.4, -0.2) is 11.3 Å². The number of fused-ring (bicyclic) bond motifs is 9. The van der Waals surface area contributed by atoms with E-state index in [0.29, 0.717) is 10.8 Å². The molecule has 0 saturated heterocycles. The Morgan fingerprint density at radius 3 is 1.67 bits per heavy atom. The molecule has 19 rings (SSSR count). The topological polar surface area (TPSA) is 8.17 Å². The van der Waals surface area contributed by atoms with Gasteiger partial charge in [-0.3, -0.25) is 0 Å². The van der Waals surface area contributed by atoms with Gasteiger partial charge in [-0.1, -0.05) is 109 Å². The quantitative estimate of drug-likeness (QED) is 0.160. The highest BCUT2D eigenvalue weighted by molar-refractivity contribution is 6.90. The van der Waals surface area contributed by atoms with Gasteiger partial charge in [0.25, 0.3) is 0 Å². The van der Waals surface area contributed by atoms with Crippen LogP contribution >= 0.6 is 0 Å². The zero-order valence-electron chi connectivity index (χ0n) is 38.8. The molecule has 7 aromatic carbocycles. The van der Waals surface area contributed by atoms with Crippen LogP contribution in [0.15, 0.2) is 146 Å². The van der Waals surface area contributed by atoms with Crippen LogP contribution in [0.25, 0.3) is 32.9 Å². The third kappa shape index (κ3) is 4.62. The van der Waals surface area contributed by atoms with Gasteiger partial charge in [0.1, 0.15) is 0 Å². The lowest BCUT2D eigenvalue weighted by Gasteiger charge is -2.57. The molecule has 8 aromatic rings. The summed E-state index contributed by atoms with van der Waals surface area (Å²) in [5.74, 6) is 5.49. The van der Waals surface area contributed by atoms with Gasteiger partial charge in [-0.15, -0.1) is 0 Å². The normalized spacial score (nSPS) is 30.2. The summed E-state index contributed by atoms with van der Waals surface area (Å²) >= 11 is 0. The van der Waals surface area contributed by atoms with E-state index < -0.39 is 5.41 Å². The minimum absolute atomic E-state index is 0.0367. The molecule has 0 amide bonds. The maximum Gasteiger partial charge on any atom is 0.333 e. The average Bonchev–Trinajstić information content (AvgIpc) is 3.67. The molecule has 0 radical (unpaired) electrons. The number of aryl methyl sites for hydroxylation is 1. The molecule has 8 aliphatic carbocycles. The fourth-order valence-electron chi connectivity index (χ4n) is 19.1. The van der Waals surface area contributed by atoms with Gasteiger partial charge < -0.3 is 9.38 Å². The van der Waals surface area contributed by atoms with Crippen LogP contribution < -0.4 is 15.8 Å². The summed E-state index contributed by atoms with van der Waals surface area (Å²) in [6.07, 6.45) is 17.3. The van der Waals surface area contributed by atoms with Crippen molar-refractivity contribution in [2.24, 2.45) is 35.5 Å². The zero-order chi connectivity index (χ0) is 43.5. The highest BCUT2D eigenvalue weighted by atomic mass is 15.2. The summed E-state index contributed by atoms with van der Waals surface area (Å²) in [5.41, 5.74) is 22.9. The van der Waals surface area contributed by atoms with Gasteiger partial charge in [-0.25, -0.2) is 0 Å². The minimum Gasteiger partial charge on any atom is -0.375 e. The summed E-state index contributed by atoms with van der Waals surface area (Å²) in [6.45, 7) is 2.40. The Kier molecular flexibility index (Phi) is 7.02. The van der Waals surface area contributed by atoms with Crippen molar-refractivity contribution in [2.75, 3.05) is 4.90 Å². The van der Waals surface area contributed by atoms with E-state index in [0.717, 1.165) is 35.5 Å². The Morgan fingerprint density at radius 2 is 1.03 bits per heavy atom. The molecule has 67 heavy (non-hydrogen) atoms. The third-order valence-electron chi connectivity index (χ3n) is 20.5. The third-order valence-corrected chi connectivity index (χ3v) is 20.5. The first kappa shape index (κ1) is 37.2. The van der Waals surface area contributed by atoms with Crippen molar-refractivity contribution in [1.29, 1.82) is 0 Å². The Bertz CT molecular complexity index is 3360. The maximum atomic E-state index is 2.88. The monoisotopic (exact) mass is 864 g/mol. The number of para-hydroxylation sites is 2. The Morgan fingerprint density at radius 1 is 0.463 bits per heavy atom. The van der Waals surface area contributed by atoms with Crippen molar-refractivity contribution in [1.82, 2.24) is 4.48 Å². The van der Waals surface area contributed by atoms with E-state index in [4.69, 9.17) is 0 Å². The predicted octanol–water partition coefficient (Wildman–Crippen LogP) is 14.2. The van der Waals surface area contributed by atoms with E-state index in [2.05, 4.69) is 162 Å². The predicted molar refractivity (Wildman–Crippen MR) is 276 cm³/mol. The fraction of sp³-hybridized carbons (Fsp3) is 0.344. The van der Waals surface area contributed by atoms with Crippen molar-refractivity contribution >= 4 is 56.6 Å². The SMILES string of the molecule is Cc1cc2c3c(c1)N1c4ccccc4C(c4ccccc4)(c4ccccc4)c4cccc(c41)B3n1c3ccc(C45CC6CC(CC(C6)C4)C5)cc3c3cc(C45CC6CC(CC(C6)C4)C5)cc-2c31. The van der Waals surface area contributed by atoms with Gasteiger partial charge in [0, 0.05) is 38.7 Å². The summed E-state index contributed by atoms with van der Waals surface area (Å²) in [7, 11) is 0. The second kappa shape index (κ2) is 12.6. The van der Waals surface area contributed by atoms with Gasteiger partial charge in [-0.2, -0.15) is 0 Å². The summed E-state index contributed by atoms with van der Waals surface area (Å²) in [4.78, 5) is 2.72. The average molecular weight is 865 g/mol. The maximum absolute atomic E-state index is 2.88. The molecule has 2 nitrogen and oxygen atoms in total. The molecule has 8 fully saturated rings. The molecule has 8 saturated carbocycles. The smallest absolute Gasteiger partial charge is 0.333 e.